The Balaban J connectivity index is 1.46. The number of methoxy groups -OCH3 is 1. The summed E-state index contributed by atoms with van der Waals surface area (Å²) in [4.78, 5) is 57.6. The van der Waals surface area contributed by atoms with E-state index in [-0.39, 0.29) is 29.1 Å². The molecule has 1 aromatic heterocycles. The van der Waals surface area contributed by atoms with Crippen LogP contribution in [0.3, 0.4) is 0 Å². The van der Waals surface area contributed by atoms with Crippen LogP contribution in [0.2, 0.25) is 0 Å². The Morgan fingerprint density at radius 1 is 1.05 bits per heavy atom. The van der Waals surface area contributed by atoms with Crippen LogP contribution in [0.5, 0.6) is 5.75 Å². The number of para-hydroxylation sites is 1. The van der Waals surface area contributed by atoms with E-state index in [0.29, 0.717) is 47.6 Å². The lowest BCUT2D eigenvalue weighted by Gasteiger charge is -2.32. The van der Waals surface area contributed by atoms with Gasteiger partial charge in [0.05, 0.1) is 37.0 Å². The van der Waals surface area contributed by atoms with Crippen molar-refractivity contribution in [2.45, 2.75) is 22.7 Å². The van der Waals surface area contributed by atoms with Gasteiger partial charge >= 0.3 is 4.87 Å². The van der Waals surface area contributed by atoms with E-state index in [1.165, 1.54) is 21.2 Å². The molecule has 2 fully saturated rings. The van der Waals surface area contributed by atoms with Gasteiger partial charge in [0.15, 0.2) is 0 Å². The molecule has 0 unspecified atom stereocenters. The van der Waals surface area contributed by atoms with Gasteiger partial charge in [0.1, 0.15) is 17.5 Å². The standard InChI is InChI=1S/C27H24BrN3O6S2/c1-36-18-5-3-2-4-17(18)20-21-22(25(34)31(24(21)33)16-8-6-15(28)7-9-16)38-26-23(20)39-27(35)30(26)14-19(32)29-10-12-37-13-11-29/h2-9,20-22H,10-14H2,1H3/t20-,21-,22+/m0/s1. The summed E-state index contributed by atoms with van der Waals surface area (Å²) in [7, 11) is 1.55. The van der Waals surface area contributed by atoms with Crippen molar-refractivity contribution >= 4 is 62.4 Å². The molecule has 0 spiro atoms. The summed E-state index contributed by atoms with van der Waals surface area (Å²) in [6.45, 7) is 1.72. The van der Waals surface area contributed by atoms with Crippen LogP contribution in [0.4, 0.5) is 5.69 Å². The summed E-state index contributed by atoms with van der Waals surface area (Å²) in [5, 5.41) is -0.204. The first-order valence-electron chi connectivity index (χ1n) is 12.4. The van der Waals surface area contributed by atoms with Gasteiger partial charge in [0.25, 0.3) is 0 Å². The van der Waals surface area contributed by atoms with E-state index < -0.39 is 17.1 Å². The second kappa shape index (κ2) is 10.6. The number of anilines is 1. The van der Waals surface area contributed by atoms with Crippen LogP contribution < -0.4 is 14.5 Å². The topological polar surface area (TPSA) is 98.2 Å². The molecule has 3 aromatic rings. The fourth-order valence-corrected chi connectivity index (χ4v) is 8.43. The summed E-state index contributed by atoms with van der Waals surface area (Å²) in [5.74, 6) is -1.60. The van der Waals surface area contributed by atoms with Crippen molar-refractivity contribution < 1.29 is 23.9 Å². The zero-order valence-electron chi connectivity index (χ0n) is 20.9. The third kappa shape index (κ3) is 4.52. The smallest absolute Gasteiger partial charge is 0.308 e. The first-order valence-corrected chi connectivity index (χ1v) is 14.9. The lowest BCUT2D eigenvalue weighted by molar-refractivity contribution is -0.136. The van der Waals surface area contributed by atoms with Gasteiger partial charge < -0.3 is 14.4 Å². The molecule has 202 valence electrons. The summed E-state index contributed by atoms with van der Waals surface area (Å²) < 4.78 is 13.3. The highest BCUT2D eigenvalue weighted by molar-refractivity contribution is 9.10. The average molecular weight is 631 g/mol. The maximum absolute atomic E-state index is 14.0. The number of ether oxygens (including phenoxy) is 2. The van der Waals surface area contributed by atoms with Gasteiger partial charge in [-0.05, 0) is 30.3 Å². The monoisotopic (exact) mass is 629 g/mol. The number of amides is 3. The van der Waals surface area contributed by atoms with Crippen LogP contribution in [0.1, 0.15) is 16.4 Å². The fraction of sp³-hybridized carbons (Fsp3) is 0.333. The minimum atomic E-state index is -0.762. The van der Waals surface area contributed by atoms with Crippen molar-refractivity contribution in [2.75, 3.05) is 38.3 Å². The molecule has 4 heterocycles. The van der Waals surface area contributed by atoms with E-state index in [1.54, 1.807) is 42.3 Å². The zero-order valence-corrected chi connectivity index (χ0v) is 24.1. The van der Waals surface area contributed by atoms with E-state index in [2.05, 4.69) is 15.9 Å². The molecule has 39 heavy (non-hydrogen) atoms. The molecule has 2 aromatic carbocycles. The number of thioether (sulfide) groups is 1. The normalized spacial score (nSPS) is 22.6. The summed E-state index contributed by atoms with van der Waals surface area (Å²) in [5.41, 5.74) is 1.22. The number of rotatable bonds is 5. The number of thiazole rings is 1. The van der Waals surface area contributed by atoms with Gasteiger partial charge in [-0.15, -0.1) is 0 Å². The predicted octanol–water partition coefficient (Wildman–Crippen LogP) is 3.34. The van der Waals surface area contributed by atoms with Crippen LogP contribution in [-0.2, 0) is 25.7 Å². The first kappa shape index (κ1) is 26.3. The predicted molar refractivity (Wildman–Crippen MR) is 151 cm³/mol. The lowest BCUT2D eigenvalue weighted by atomic mass is 9.82. The number of imide groups is 1. The van der Waals surface area contributed by atoms with Crippen molar-refractivity contribution in [2.24, 2.45) is 5.92 Å². The van der Waals surface area contributed by atoms with Gasteiger partial charge in [-0.3, -0.25) is 23.7 Å². The van der Waals surface area contributed by atoms with E-state index >= 15 is 0 Å². The highest BCUT2D eigenvalue weighted by Gasteiger charge is 2.57. The zero-order chi connectivity index (χ0) is 27.3. The van der Waals surface area contributed by atoms with Crippen LogP contribution in [-0.4, -0.2) is 65.9 Å². The number of carbonyl (C=O) groups excluding carboxylic acids is 3. The molecule has 3 aliphatic rings. The molecule has 3 amide bonds. The van der Waals surface area contributed by atoms with E-state index in [1.807, 2.05) is 18.2 Å². The molecule has 12 heteroatoms. The fourth-order valence-electron chi connectivity index (χ4n) is 5.41. The lowest BCUT2D eigenvalue weighted by Crippen LogP contribution is -2.43. The van der Waals surface area contributed by atoms with E-state index in [9.17, 15) is 19.2 Å². The second-order valence-electron chi connectivity index (χ2n) is 9.39. The number of benzene rings is 2. The van der Waals surface area contributed by atoms with Gasteiger partial charge in [-0.25, -0.2) is 4.90 Å². The summed E-state index contributed by atoms with van der Waals surface area (Å²) in [6.07, 6.45) is 0. The minimum Gasteiger partial charge on any atom is -0.496 e. The van der Waals surface area contributed by atoms with Crippen LogP contribution in [0.25, 0.3) is 0 Å². The Kier molecular flexibility index (Phi) is 7.13. The number of morpholine rings is 1. The Hall–Kier alpha value is -2.93. The highest BCUT2D eigenvalue weighted by Crippen LogP contribution is 2.55. The molecule has 9 nitrogen and oxygen atoms in total. The number of nitrogens with zero attached hydrogens (tertiary/aromatic N) is 3. The van der Waals surface area contributed by atoms with Gasteiger partial charge in [-0.2, -0.15) is 0 Å². The summed E-state index contributed by atoms with van der Waals surface area (Å²) in [6, 6.07) is 14.4. The number of carbonyl (C=O) groups is 3. The molecule has 3 atom stereocenters. The van der Waals surface area contributed by atoms with Gasteiger partial charge in [0, 0.05) is 33.9 Å². The quantitative estimate of drug-likeness (QED) is 0.399. The Morgan fingerprint density at radius 3 is 2.49 bits per heavy atom. The van der Waals surface area contributed by atoms with Crippen molar-refractivity contribution in [3.63, 3.8) is 0 Å². The molecule has 0 N–H and O–H groups in total. The molecular formula is C27H24BrN3O6S2. The van der Waals surface area contributed by atoms with E-state index in [0.717, 1.165) is 21.4 Å². The Labute approximate surface area is 240 Å². The van der Waals surface area contributed by atoms with Crippen molar-refractivity contribution in [1.82, 2.24) is 9.47 Å². The third-order valence-electron chi connectivity index (χ3n) is 7.27. The number of hydrogen-bond donors (Lipinski definition) is 0. The van der Waals surface area contributed by atoms with E-state index in [4.69, 9.17) is 9.47 Å². The molecule has 0 aliphatic carbocycles. The molecule has 3 aliphatic heterocycles. The van der Waals surface area contributed by atoms with Crippen LogP contribution in [0, 0.1) is 5.92 Å². The van der Waals surface area contributed by atoms with Gasteiger partial charge in [-0.1, -0.05) is 57.2 Å². The first-order chi connectivity index (χ1) is 18.9. The Morgan fingerprint density at radius 2 is 1.77 bits per heavy atom. The number of hydrogen-bond acceptors (Lipinski definition) is 8. The molecule has 0 saturated carbocycles. The van der Waals surface area contributed by atoms with Crippen molar-refractivity contribution in [3.8, 4) is 5.75 Å². The highest BCUT2D eigenvalue weighted by atomic mass is 79.9. The number of aromatic nitrogens is 1. The summed E-state index contributed by atoms with van der Waals surface area (Å²) >= 11 is 5.63. The van der Waals surface area contributed by atoms with Crippen LogP contribution >= 0.6 is 39.0 Å². The SMILES string of the molecule is COc1ccccc1[C@@H]1c2sc(=O)n(CC(=O)N3CCOCC3)c2S[C@H]2C(=O)N(c3ccc(Br)cc3)C(=O)[C@@H]12. The van der Waals surface area contributed by atoms with Crippen molar-refractivity contribution in [3.05, 3.63) is 73.1 Å². The molecule has 0 bridgehead atoms. The van der Waals surface area contributed by atoms with Crippen molar-refractivity contribution in [1.29, 1.82) is 0 Å². The molecular weight excluding hydrogens is 606 g/mol. The average Bonchev–Trinajstić information content (AvgIpc) is 3.40. The maximum Gasteiger partial charge on any atom is 0.308 e. The molecule has 2 saturated heterocycles. The molecule has 0 radical (unpaired) electrons. The van der Waals surface area contributed by atoms with Crippen LogP contribution in [0.15, 0.2) is 62.8 Å². The third-order valence-corrected chi connectivity index (χ3v) is 10.4. The molecule has 6 rings (SSSR count). The van der Waals surface area contributed by atoms with Gasteiger partial charge in [0.2, 0.25) is 17.7 Å². The Bertz CT molecular complexity index is 1510. The number of halogens is 1. The second-order valence-corrected chi connectivity index (χ2v) is 12.4. The maximum atomic E-state index is 14.0. The minimum absolute atomic E-state index is 0.133. The number of fused-ring (bicyclic) bond motifs is 2. The largest absolute Gasteiger partial charge is 0.496 e.